The van der Waals surface area contributed by atoms with Gasteiger partial charge in [0.1, 0.15) is 23.9 Å². The van der Waals surface area contributed by atoms with E-state index in [9.17, 15) is 9.50 Å². The first kappa shape index (κ1) is 12.3. The zero-order chi connectivity index (χ0) is 12.4. The van der Waals surface area contributed by atoms with Gasteiger partial charge in [0.15, 0.2) is 5.89 Å². The fraction of sp³-hybridized carbons (Fsp3) is 0.250. The molecule has 0 saturated carbocycles. The molecule has 0 spiro atoms. The summed E-state index contributed by atoms with van der Waals surface area (Å²) >= 11 is 3.18. The Morgan fingerprint density at radius 3 is 2.88 bits per heavy atom. The number of aryl methyl sites for hydroxylation is 1. The highest BCUT2D eigenvalue weighted by atomic mass is 79.9. The van der Waals surface area contributed by atoms with E-state index in [0.29, 0.717) is 21.6 Å². The largest absolute Gasteiger partial charge is 0.449 e. The van der Waals surface area contributed by atoms with Gasteiger partial charge >= 0.3 is 0 Å². The van der Waals surface area contributed by atoms with Crippen molar-refractivity contribution in [3.63, 3.8) is 0 Å². The van der Waals surface area contributed by atoms with Gasteiger partial charge in [-0.3, -0.25) is 0 Å². The normalized spacial score (nSPS) is 12.7. The Morgan fingerprint density at radius 1 is 1.53 bits per heavy atom. The molecule has 1 N–H and O–H groups in total. The maximum Gasteiger partial charge on any atom is 0.191 e. The van der Waals surface area contributed by atoms with Crippen LogP contribution >= 0.6 is 15.9 Å². The van der Waals surface area contributed by atoms with Gasteiger partial charge in [0, 0.05) is 17.8 Å². The summed E-state index contributed by atoms with van der Waals surface area (Å²) in [7, 11) is 0. The third-order valence-corrected chi connectivity index (χ3v) is 2.90. The zero-order valence-corrected chi connectivity index (χ0v) is 10.7. The van der Waals surface area contributed by atoms with Crippen LogP contribution in [-0.4, -0.2) is 10.1 Å². The number of aromatic nitrogens is 1. The monoisotopic (exact) mass is 299 g/mol. The molecular weight excluding hydrogens is 289 g/mol. The molecule has 0 aliphatic rings. The van der Waals surface area contributed by atoms with Crippen molar-refractivity contribution in [1.29, 1.82) is 0 Å². The van der Waals surface area contributed by atoms with Crippen molar-refractivity contribution >= 4 is 15.9 Å². The van der Waals surface area contributed by atoms with Crippen LogP contribution in [0.15, 0.2) is 33.4 Å². The third-order valence-electron chi connectivity index (χ3n) is 2.41. The van der Waals surface area contributed by atoms with E-state index in [0.717, 1.165) is 0 Å². The molecule has 1 aromatic heterocycles. The van der Waals surface area contributed by atoms with Crippen molar-refractivity contribution in [2.45, 2.75) is 19.4 Å². The predicted molar refractivity (Wildman–Crippen MR) is 64.0 cm³/mol. The second kappa shape index (κ2) is 4.98. The maximum atomic E-state index is 13.5. The summed E-state index contributed by atoms with van der Waals surface area (Å²) < 4.78 is 19.2. The van der Waals surface area contributed by atoms with Crippen molar-refractivity contribution in [3.8, 4) is 0 Å². The van der Waals surface area contributed by atoms with Crippen molar-refractivity contribution in [2.24, 2.45) is 0 Å². The lowest BCUT2D eigenvalue weighted by Crippen LogP contribution is -2.04. The van der Waals surface area contributed by atoms with Crippen LogP contribution in [0.2, 0.25) is 0 Å². The van der Waals surface area contributed by atoms with Crippen molar-refractivity contribution in [2.75, 3.05) is 0 Å². The number of aliphatic hydroxyl groups excluding tert-OH is 1. The molecule has 0 aliphatic heterocycles. The Morgan fingerprint density at radius 2 is 2.29 bits per heavy atom. The van der Waals surface area contributed by atoms with E-state index in [1.807, 2.05) is 0 Å². The fourth-order valence-electron chi connectivity index (χ4n) is 1.53. The van der Waals surface area contributed by atoms with E-state index >= 15 is 0 Å². The molecule has 3 nitrogen and oxygen atoms in total. The number of aliphatic hydroxyl groups is 1. The Labute approximate surface area is 106 Å². The smallest absolute Gasteiger partial charge is 0.191 e. The molecule has 0 radical (unpaired) electrons. The van der Waals surface area contributed by atoms with Crippen molar-refractivity contribution in [1.82, 2.24) is 4.98 Å². The Hall–Kier alpha value is -1.20. The van der Waals surface area contributed by atoms with E-state index in [1.54, 1.807) is 19.1 Å². The zero-order valence-electron chi connectivity index (χ0n) is 9.15. The van der Waals surface area contributed by atoms with Crippen LogP contribution in [0.1, 0.15) is 23.3 Å². The number of hydrogen-bond donors (Lipinski definition) is 1. The number of nitrogens with zero attached hydrogens (tertiary/aromatic N) is 1. The Bertz CT molecular complexity index is 527. The van der Waals surface area contributed by atoms with E-state index in [1.165, 1.54) is 12.3 Å². The summed E-state index contributed by atoms with van der Waals surface area (Å²) in [6, 6.07) is 4.74. The van der Waals surface area contributed by atoms with Gasteiger partial charge in [-0.2, -0.15) is 0 Å². The average molecular weight is 300 g/mol. The number of rotatable bonds is 3. The molecule has 0 aliphatic carbocycles. The summed E-state index contributed by atoms with van der Waals surface area (Å²) in [5.74, 6) is 0.133. The summed E-state index contributed by atoms with van der Waals surface area (Å²) in [6.07, 6.45) is 0.699. The first-order valence-corrected chi connectivity index (χ1v) is 5.89. The topological polar surface area (TPSA) is 46.3 Å². The summed E-state index contributed by atoms with van der Waals surface area (Å²) in [4.78, 5) is 4.01. The van der Waals surface area contributed by atoms with Gasteiger partial charge < -0.3 is 9.52 Å². The van der Waals surface area contributed by atoms with Crippen LogP contribution < -0.4 is 0 Å². The highest BCUT2D eigenvalue weighted by molar-refractivity contribution is 9.10. The number of halogens is 2. The summed E-state index contributed by atoms with van der Waals surface area (Å²) in [5, 5.41) is 9.88. The number of benzene rings is 1. The summed E-state index contributed by atoms with van der Waals surface area (Å²) in [5.41, 5.74) is 0.867. The molecule has 1 aromatic carbocycles. The van der Waals surface area contributed by atoms with Gasteiger partial charge in [-0.1, -0.05) is 22.0 Å². The lowest BCUT2D eigenvalue weighted by atomic mass is 10.1. The first-order valence-electron chi connectivity index (χ1n) is 5.10. The average Bonchev–Trinajstić information content (AvgIpc) is 2.69. The molecule has 0 fully saturated rings. The van der Waals surface area contributed by atoms with Crippen molar-refractivity contribution in [3.05, 3.63) is 51.9 Å². The van der Waals surface area contributed by atoms with Gasteiger partial charge in [0.05, 0.1) is 0 Å². The SMILES string of the molecule is Cc1nc(C(O)Cc2ccc(Br)cc2F)co1. The molecule has 2 aromatic rings. The predicted octanol–water partition coefficient (Wildman–Crippen LogP) is 3.16. The van der Waals surface area contributed by atoms with Crippen LogP contribution in [0.25, 0.3) is 0 Å². The molecular formula is C12H11BrFNO2. The Balaban J connectivity index is 2.15. The molecule has 0 bridgehead atoms. The van der Waals surface area contributed by atoms with Crippen LogP contribution in [-0.2, 0) is 6.42 Å². The standard InChI is InChI=1S/C12H11BrFNO2/c1-7-15-11(6-17-7)12(16)4-8-2-3-9(13)5-10(8)14/h2-3,5-6,12,16H,4H2,1H3. The molecule has 5 heteroatoms. The van der Waals surface area contributed by atoms with E-state index in [-0.39, 0.29) is 12.2 Å². The minimum atomic E-state index is -0.858. The highest BCUT2D eigenvalue weighted by Crippen LogP contribution is 2.21. The van der Waals surface area contributed by atoms with E-state index in [2.05, 4.69) is 20.9 Å². The second-order valence-electron chi connectivity index (χ2n) is 3.75. The molecule has 1 heterocycles. The Kier molecular flexibility index (Phi) is 3.59. The number of oxazole rings is 1. The van der Waals surface area contributed by atoms with Gasteiger partial charge in [0.25, 0.3) is 0 Å². The maximum absolute atomic E-state index is 13.5. The van der Waals surface area contributed by atoms with Crippen LogP contribution in [0.4, 0.5) is 4.39 Å². The van der Waals surface area contributed by atoms with E-state index in [4.69, 9.17) is 4.42 Å². The number of hydrogen-bond acceptors (Lipinski definition) is 3. The van der Waals surface area contributed by atoms with Gasteiger partial charge in [0.2, 0.25) is 0 Å². The van der Waals surface area contributed by atoms with Crippen LogP contribution in [0, 0.1) is 12.7 Å². The van der Waals surface area contributed by atoms with Gasteiger partial charge in [-0.05, 0) is 17.7 Å². The minimum Gasteiger partial charge on any atom is -0.449 e. The summed E-state index contributed by atoms with van der Waals surface area (Å²) in [6.45, 7) is 1.69. The van der Waals surface area contributed by atoms with E-state index < -0.39 is 6.10 Å². The molecule has 1 atom stereocenters. The quantitative estimate of drug-likeness (QED) is 0.947. The lowest BCUT2D eigenvalue weighted by Gasteiger charge is -2.08. The molecule has 0 amide bonds. The van der Waals surface area contributed by atoms with Gasteiger partial charge in [-0.15, -0.1) is 0 Å². The third kappa shape index (κ3) is 2.92. The minimum absolute atomic E-state index is 0.172. The highest BCUT2D eigenvalue weighted by Gasteiger charge is 2.15. The lowest BCUT2D eigenvalue weighted by molar-refractivity contribution is 0.172. The van der Waals surface area contributed by atoms with Crippen LogP contribution in [0.3, 0.4) is 0 Å². The first-order chi connectivity index (χ1) is 8.06. The second-order valence-corrected chi connectivity index (χ2v) is 4.66. The molecule has 17 heavy (non-hydrogen) atoms. The molecule has 90 valence electrons. The fourth-order valence-corrected chi connectivity index (χ4v) is 1.87. The molecule has 2 rings (SSSR count). The molecule has 1 unspecified atom stereocenters. The van der Waals surface area contributed by atoms with Gasteiger partial charge in [-0.25, -0.2) is 9.37 Å². The van der Waals surface area contributed by atoms with Crippen molar-refractivity contribution < 1.29 is 13.9 Å². The van der Waals surface area contributed by atoms with Crippen LogP contribution in [0.5, 0.6) is 0 Å². The molecule has 0 saturated heterocycles.